The van der Waals surface area contributed by atoms with Gasteiger partial charge in [0.15, 0.2) is 5.82 Å². The van der Waals surface area contributed by atoms with Gasteiger partial charge in [0, 0.05) is 36.1 Å². The molecule has 0 amide bonds. The van der Waals surface area contributed by atoms with Crippen molar-refractivity contribution in [3.63, 3.8) is 0 Å². The van der Waals surface area contributed by atoms with E-state index in [0.717, 1.165) is 54.2 Å². The largest absolute Gasteiger partial charge is 0.376 e. The fourth-order valence-corrected chi connectivity index (χ4v) is 4.24. The number of rotatable bonds is 3. The standard InChI is InChI=1S/C22H24N4O/c1-15-12-26-13-17(11-18(26)14-27-15)23-22-19-9-5-6-10-20(19)24-21(25-22)16-7-3-2-4-8-16/h2-10,15,17-18H,11-14H2,1H3,(H,23,24,25)/t15-,17-,18-/m0/s1. The van der Waals surface area contributed by atoms with E-state index in [1.54, 1.807) is 0 Å². The van der Waals surface area contributed by atoms with Crippen LogP contribution in [-0.2, 0) is 4.74 Å². The van der Waals surface area contributed by atoms with Gasteiger partial charge in [-0.15, -0.1) is 0 Å². The van der Waals surface area contributed by atoms with E-state index in [0.29, 0.717) is 18.2 Å². The Labute approximate surface area is 159 Å². The zero-order chi connectivity index (χ0) is 18.2. The minimum Gasteiger partial charge on any atom is -0.376 e. The highest BCUT2D eigenvalue weighted by Gasteiger charge is 2.36. The Kier molecular flexibility index (Phi) is 4.26. The molecule has 2 aliphatic heterocycles. The fraction of sp³-hybridized carbons (Fsp3) is 0.364. The van der Waals surface area contributed by atoms with Crippen molar-refractivity contribution in [2.75, 3.05) is 25.0 Å². The first-order valence-corrected chi connectivity index (χ1v) is 9.70. The van der Waals surface area contributed by atoms with Gasteiger partial charge in [0.1, 0.15) is 5.82 Å². The van der Waals surface area contributed by atoms with Gasteiger partial charge in [0.05, 0.1) is 18.2 Å². The number of nitrogens with zero attached hydrogens (tertiary/aromatic N) is 3. The molecule has 0 spiro atoms. The highest BCUT2D eigenvalue weighted by molar-refractivity contribution is 5.90. The second kappa shape index (κ2) is 6.91. The summed E-state index contributed by atoms with van der Waals surface area (Å²) in [7, 11) is 0. The van der Waals surface area contributed by atoms with Crippen LogP contribution in [0.3, 0.4) is 0 Å². The number of benzene rings is 2. The van der Waals surface area contributed by atoms with E-state index in [1.807, 2.05) is 30.3 Å². The van der Waals surface area contributed by atoms with Crippen LogP contribution >= 0.6 is 0 Å². The molecule has 0 saturated carbocycles. The molecule has 0 unspecified atom stereocenters. The highest BCUT2D eigenvalue weighted by atomic mass is 16.5. The van der Waals surface area contributed by atoms with E-state index in [2.05, 4.69) is 41.4 Å². The Balaban J connectivity index is 1.47. The molecule has 3 heterocycles. The third-order valence-electron chi connectivity index (χ3n) is 5.57. The molecule has 5 heteroatoms. The second-order valence-electron chi connectivity index (χ2n) is 7.61. The molecule has 1 aromatic heterocycles. The van der Waals surface area contributed by atoms with Gasteiger partial charge in [-0.3, -0.25) is 4.90 Å². The molecular weight excluding hydrogens is 336 g/mol. The number of fused-ring (bicyclic) bond motifs is 2. The monoisotopic (exact) mass is 360 g/mol. The maximum atomic E-state index is 5.84. The van der Waals surface area contributed by atoms with E-state index in [4.69, 9.17) is 14.7 Å². The molecule has 5 rings (SSSR count). The summed E-state index contributed by atoms with van der Waals surface area (Å²) < 4.78 is 5.84. The summed E-state index contributed by atoms with van der Waals surface area (Å²) in [5, 5.41) is 4.79. The number of morpholine rings is 1. The lowest BCUT2D eigenvalue weighted by atomic mass is 10.1. The molecule has 2 fully saturated rings. The van der Waals surface area contributed by atoms with Gasteiger partial charge in [0.2, 0.25) is 0 Å². The van der Waals surface area contributed by atoms with Crippen LogP contribution in [0.25, 0.3) is 22.3 Å². The number of hydrogen-bond acceptors (Lipinski definition) is 5. The van der Waals surface area contributed by atoms with Crippen molar-refractivity contribution in [3.8, 4) is 11.4 Å². The first kappa shape index (κ1) is 16.7. The summed E-state index contributed by atoms with van der Waals surface area (Å²) in [4.78, 5) is 12.2. The first-order chi connectivity index (χ1) is 13.3. The molecule has 27 heavy (non-hydrogen) atoms. The highest BCUT2D eigenvalue weighted by Crippen LogP contribution is 2.29. The van der Waals surface area contributed by atoms with Gasteiger partial charge in [-0.25, -0.2) is 9.97 Å². The number of ether oxygens (including phenoxy) is 1. The van der Waals surface area contributed by atoms with E-state index in [-0.39, 0.29) is 0 Å². The third kappa shape index (κ3) is 3.29. The fourth-order valence-electron chi connectivity index (χ4n) is 4.24. The topological polar surface area (TPSA) is 50.3 Å². The van der Waals surface area contributed by atoms with Gasteiger partial charge >= 0.3 is 0 Å². The van der Waals surface area contributed by atoms with Crippen molar-refractivity contribution in [2.24, 2.45) is 0 Å². The number of nitrogens with one attached hydrogen (secondary N) is 1. The molecular formula is C22H24N4O. The summed E-state index contributed by atoms with van der Waals surface area (Å²) in [6, 6.07) is 19.3. The molecule has 138 valence electrons. The van der Waals surface area contributed by atoms with Crippen LogP contribution in [0.4, 0.5) is 5.82 Å². The lowest BCUT2D eigenvalue weighted by Crippen LogP contribution is -2.45. The maximum absolute atomic E-state index is 5.84. The van der Waals surface area contributed by atoms with Crippen molar-refractivity contribution in [1.29, 1.82) is 0 Å². The van der Waals surface area contributed by atoms with E-state index in [1.165, 1.54) is 0 Å². The van der Waals surface area contributed by atoms with Crippen molar-refractivity contribution in [2.45, 2.75) is 31.5 Å². The van der Waals surface area contributed by atoms with E-state index in [9.17, 15) is 0 Å². The van der Waals surface area contributed by atoms with Crippen LogP contribution in [0.1, 0.15) is 13.3 Å². The lowest BCUT2D eigenvalue weighted by Gasteiger charge is -2.33. The number of para-hydroxylation sites is 1. The maximum Gasteiger partial charge on any atom is 0.162 e. The van der Waals surface area contributed by atoms with Crippen LogP contribution in [-0.4, -0.2) is 52.8 Å². The first-order valence-electron chi connectivity index (χ1n) is 9.70. The van der Waals surface area contributed by atoms with Crippen molar-refractivity contribution in [1.82, 2.24) is 14.9 Å². The third-order valence-corrected chi connectivity index (χ3v) is 5.57. The van der Waals surface area contributed by atoms with Gasteiger partial charge in [-0.1, -0.05) is 42.5 Å². The zero-order valence-electron chi connectivity index (χ0n) is 15.5. The normalized spacial score (nSPS) is 25.4. The molecule has 2 aliphatic rings. The van der Waals surface area contributed by atoms with Crippen LogP contribution < -0.4 is 5.32 Å². The SMILES string of the molecule is C[C@H]1CN2C[C@@H](Nc3nc(-c4ccccc4)nc4ccccc34)C[C@H]2CO1. The summed E-state index contributed by atoms with van der Waals surface area (Å²) in [5.74, 6) is 1.70. The molecule has 0 bridgehead atoms. The molecule has 0 aliphatic carbocycles. The smallest absolute Gasteiger partial charge is 0.162 e. The van der Waals surface area contributed by atoms with Gasteiger partial charge in [0.25, 0.3) is 0 Å². The van der Waals surface area contributed by atoms with E-state index >= 15 is 0 Å². The second-order valence-corrected chi connectivity index (χ2v) is 7.61. The summed E-state index contributed by atoms with van der Waals surface area (Å²) in [6.45, 7) is 5.04. The average Bonchev–Trinajstić information content (AvgIpc) is 3.10. The minimum absolute atomic E-state index is 0.324. The number of anilines is 1. The molecule has 5 nitrogen and oxygen atoms in total. The van der Waals surface area contributed by atoms with Crippen LogP contribution in [0.2, 0.25) is 0 Å². The summed E-state index contributed by atoms with van der Waals surface area (Å²) in [6.07, 6.45) is 1.41. The van der Waals surface area contributed by atoms with E-state index < -0.39 is 0 Å². The van der Waals surface area contributed by atoms with Crippen molar-refractivity contribution in [3.05, 3.63) is 54.6 Å². The van der Waals surface area contributed by atoms with Crippen LogP contribution in [0.15, 0.2) is 54.6 Å². The Morgan fingerprint density at radius 3 is 2.70 bits per heavy atom. The molecule has 3 aromatic rings. The Hall–Kier alpha value is -2.50. The van der Waals surface area contributed by atoms with Gasteiger partial charge in [-0.2, -0.15) is 0 Å². The lowest BCUT2D eigenvalue weighted by molar-refractivity contribution is -0.0390. The quantitative estimate of drug-likeness (QED) is 0.774. The number of aromatic nitrogens is 2. The summed E-state index contributed by atoms with van der Waals surface area (Å²) in [5.41, 5.74) is 2.01. The van der Waals surface area contributed by atoms with Gasteiger partial charge in [-0.05, 0) is 25.5 Å². The number of hydrogen-bond donors (Lipinski definition) is 1. The molecule has 0 radical (unpaired) electrons. The van der Waals surface area contributed by atoms with Crippen LogP contribution in [0, 0.1) is 0 Å². The summed E-state index contributed by atoms with van der Waals surface area (Å²) >= 11 is 0. The Morgan fingerprint density at radius 1 is 1.00 bits per heavy atom. The Morgan fingerprint density at radius 2 is 1.81 bits per heavy atom. The molecule has 1 N–H and O–H groups in total. The molecule has 2 saturated heterocycles. The molecule has 2 aromatic carbocycles. The predicted molar refractivity (Wildman–Crippen MR) is 108 cm³/mol. The predicted octanol–water partition coefficient (Wildman–Crippen LogP) is 3.57. The van der Waals surface area contributed by atoms with Crippen molar-refractivity contribution >= 4 is 16.7 Å². The van der Waals surface area contributed by atoms with Gasteiger partial charge < -0.3 is 10.1 Å². The molecule has 3 atom stereocenters. The minimum atomic E-state index is 0.324. The Bertz CT molecular complexity index is 945. The van der Waals surface area contributed by atoms with Crippen molar-refractivity contribution < 1.29 is 4.74 Å². The average molecular weight is 360 g/mol. The van der Waals surface area contributed by atoms with Crippen LogP contribution in [0.5, 0.6) is 0 Å². The zero-order valence-corrected chi connectivity index (χ0v) is 15.5.